The van der Waals surface area contributed by atoms with Crippen molar-refractivity contribution < 1.29 is 4.79 Å². The van der Waals surface area contributed by atoms with Crippen LogP contribution in [-0.4, -0.2) is 20.8 Å². The Kier molecular flexibility index (Phi) is 3.52. The van der Waals surface area contributed by atoms with Crippen molar-refractivity contribution in [2.45, 2.75) is 44.6 Å². The fourth-order valence-electron chi connectivity index (χ4n) is 3.10. The molecule has 0 aliphatic heterocycles. The molecule has 2 aliphatic rings. The third kappa shape index (κ3) is 3.06. The van der Waals surface area contributed by atoms with Crippen LogP contribution in [0, 0.1) is 0 Å². The molecule has 2 N–H and O–H groups in total. The molecule has 0 spiro atoms. The number of rotatable bonds is 4. The summed E-state index contributed by atoms with van der Waals surface area (Å²) in [5, 5.41) is 10.2. The van der Waals surface area contributed by atoms with Gasteiger partial charge in [0.25, 0.3) is 0 Å². The standard InChI is InChI=1S/C17H21N5O/c1-22-13(9-15(21-22)12-5-6-12)10-18-17(23)20-16-8-7-11-3-2-4-14(11)19-16/h7-9,12H,2-6,10H2,1H3,(H2,18,19,20,23). The second-order valence-corrected chi connectivity index (χ2v) is 6.42. The number of amides is 2. The number of nitrogens with one attached hydrogen (secondary N) is 2. The highest BCUT2D eigenvalue weighted by Crippen LogP contribution is 2.39. The maximum atomic E-state index is 12.1. The zero-order chi connectivity index (χ0) is 15.8. The van der Waals surface area contributed by atoms with Crippen molar-refractivity contribution in [1.82, 2.24) is 20.1 Å². The van der Waals surface area contributed by atoms with Gasteiger partial charge in [0.2, 0.25) is 0 Å². The number of hydrogen-bond acceptors (Lipinski definition) is 3. The van der Waals surface area contributed by atoms with E-state index in [4.69, 9.17) is 0 Å². The summed E-state index contributed by atoms with van der Waals surface area (Å²) >= 11 is 0. The normalized spacial score (nSPS) is 16.2. The minimum atomic E-state index is -0.232. The van der Waals surface area contributed by atoms with E-state index in [1.165, 1.54) is 18.4 Å². The number of pyridine rings is 1. The van der Waals surface area contributed by atoms with Gasteiger partial charge < -0.3 is 5.32 Å². The van der Waals surface area contributed by atoms with Crippen LogP contribution in [0.5, 0.6) is 0 Å². The lowest BCUT2D eigenvalue weighted by molar-refractivity contribution is 0.251. The lowest BCUT2D eigenvalue weighted by Gasteiger charge is -2.08. The maximum absolute atomic E-state index is 12.1. The molecular formula is C17H21N5O. The Bertz CT molecular complexity index is 747. The van der Waals surface area contributed by atoms with E-state index in [1.807, 2.05) is 17.8 Å². The minimum absolute atomic E-state index is 0.232. The van der Waals surface area contributed by atoms with E-state index in [1.54, 1.807) is 0 Å². The van der Waals surface area contributed by atoms with E-state index in [9.17, 15) is 4.79 Å². The Labute approximate surface area is 135 Å². The van der Waals surface area contributed by atoms with Crippen LogP contribution in [0.1, 0.15) is 47.8 Å². The average Bonchev–Trinajstić information content (AvgIpc) is 3.17. The van der Waals surface area contributed by atoms with Crippen LogP contribution >= 0.6 is 0 Å². The van der Waals surface area contributed by atoms with Crippen LogP contribution in [0.4, 0.5) is 10.6 Å². The minimum Gasteiger partial charge on any atom is -0.332 e. The highest BCUT2D eigenvalue weighted by molar-refractivity contribution is 5.88. The molecule has 0 unspecified atom stereocenters. The van der Waals surface area contributed by atoms with Crippen LogP contribution in [0.15, 0.2) is 18.2 Å². The van der Waals surface area contributed by atoms with E-state index >= 15 is 0 Å². The Balaban J connectivity index is 1.35. The van der Waals surface area contributed by atoms with Crippen LogP contribution in [-0.2, 0) is 26.4 Å². The van der Waals surface area contributed by atoms with E-state index < -0.39 is 0 Å². The first-order chi connectivity index (χ1) is 11.2. The number of nitrogens with zero attached hydrogens (tertiary/aromatic N) is 3. The first-order valence-electron chi connectivity index (χ1n) is 8.25. The molecule has 2 amide bonds. The summed E-state index contributed by atoms with van der Waals surface area (Å²) in [4.78, 5) is 16.6. The van der Waals surface area contributed by atoms with Gasteiger partial charge in [-0.2, -0.15) is 5.10 Å². The lowest BCUT2D eigenvalue weighted by Crippen LogP contribution is -2.29. The highest BCUT2D eigenvalue weighted by Gasteiger charge is 2.26. The molecule has 4 rings (SSSR count). The molecule has 0 atom stereocenters. The second-order valence-electron chi connectivity index (χ2n) is 6.42. The summed E-state index contributed by atoms with van der Waals surface area (Å²) in [7, 11) is 1.92. The molecule has 2 heterocycles. The zero-order valence-corrected chi connectivity index (χ0v) is 13.3. The van der Waals surface area contributed by atoms with Crippen LogP contribution < -0.4 is 10.6 Å². The number of hydrogen-bond donors (Lipinski definition) is 2. The molecular weight excluding hydrogens is 290 g/mol. The van der Waals surface area contributed by atoms with Crippen LogP contribution in [0.25, 0.3) is 0 Å². The third-order valence-electron chi connectivity index (χ3n) is 4.59. The lowest BCUT2D eigenvalue weighted by atomic mass is 10.2. The summed E-state index contributed by atoms with van der Waals surface area (Å²) in [5.41, 5.74) is 4.58. The van der Waals surface area contributed by atoms with Crippen molar-refractivity contribution in [2.75, 3.05) is 5.32 Å². The Hall–Kier alpha value is -2.37. The smallest absolute Gasteiger partial charge is 0.320 e. The van der Waals surface area contributed by atoms with Gasteiger partial charge in [-0.05, 0) is 49.8 Å². The largest absolute Gasteiger partial charge is 0.332 e. The number of carbonyl (C=O) groups is 1. The van der Waals surface area contributed by atoms with Crippen molar-refractivity contribution in [1.29, 1.82) is 0 Å². The van der Waals surface area contributed by atoms with Gasteiger partial charge in [0, 0.05) is 18.7 Å². The van der Waals surface area contributed by atoms with Crippen molar-refractivity contribution in [2.24, 2.45) is 7.05 Å². The van der Waals surface area contributed by atoms with Gasteiger partial charge >= 0.3 is 6.03 Å². The molecule has 2 aliphatic carbocycles. The molecule has 6 heteroatoms. The summed E-state index contributed by atoms with van der Waals surface area (Å²) in [6.45, 7) is 0.465. The van der Waals surface area contributed by atoms with Gasteiger partial charge in [0.15, 0.2) is 0 Å². The van der Waals surface area contributed by atoms with E-state index in [0.717, 1.165) is 36.3 Å². The average molecular weight is 311 g/mol. The Morgan fingerprint density at radius 2 is 2.22 bits per heavy atom. The summed E-state index contributed by atoms with van der Waals surface area (Å²) in [6, 6.07) is 5.79. The summed E-state index contributed by atoms with van der Waals surface area (Å²) < 4.78 is 1.85. The number of anilines is 1. The van der Waals surface area contributed by atoms with E-state index in [0.29, 0.717) is 18.3 Å². The number of aryl methyl sites for hydroxylation is 3. The molecule has 6 nitrogen and oxygen atoms in total. The van der Waals surface area contributed by atoms with Crippen molar-refractivity contribution in [3.05, 3.63) is 40.8 Å². The molecule has 120 valence electrons. The summed E-state index contributed by atoms with van der Waals surface area (Å²) in [5.74, 6) is 1.24. The van der Waals surface area contributed by atoms with Crippen molar-refractivity contribution in [3.63, 3.8) is 0 Å². The molecule has 0 radical (unpaired) electrons. The maximum Gasteiger partial charge on any atom is 0.320 e. The SMILES string of the molecule is Cn1nc(C2CC2)cc1CNC(=O)Nc1ccc2c(n1)CCC2. The number of fused-ring (bicyclic) bond motifs is 1. The molecule has 0 saturated heterocycles. The number of carbonyl (C=O) groups excluding carboxylic acids is 1. The zero-order valence-electron chi connectivity index (χ0n) is 13.3. The Morgan fingerprint density at radius 3 is 3.04 bits per heavy atom. The van der Waals surface area contributed by atoms with Crippen molar-refractivity contribution >= 4 is 11.8 Å². The molecule has 1 saturated carbocycles. The predicted octanol–water partition coefficient (Wildman–Crippen LogP) is 2.50. The first kappa shape index (κ1) is 14.2. The molecule has 0 aromatic carbocycles. The quantitative estimate of drug-likeness (QED) is 0.911. The fourth-order valence-corrected chi connectivity index (χ4v) is 3.10. The van der Waals surface area contributed by atoms with E-state index in [-0.39, 0.29) is 6.03 Å². The highest BCUT2D eigenvalue weighted by atomic mass is 16.2. The molecule has 23 heavy (non-hydrogen) atoms. The van der Waals surface area contributed by atoms with Crippen LogP contribution in [0.2, 0.25) is 0 Å². The third-order valence-corrected chi connectivity index (χ3v) is 4.59. The summed E-state index contributed by atoms with van der Waals surface area (Å²) in [6.07, 6.45) is 5.72. The van der Waals surface area contributed by atoms with E-state index in [2.05, 4.69) is 32.8 Å². The van der Waals surface area contributed by atoms with Gasteiger partial charge in [0.1, 0.15) is 5.82 Å². The van der Waals surface area contributed by atoms with Gasteiger partial charge in [-0.25, -0.2) is 9.78 Å². The monoisotopic (exact) mass is 311 g/mol. The number of aromatic nitrogens is 3. The first-order valence-corrected chi connectivity index (χ1v) is 8.25. The van der Waals surface area contributed by atoms with Gasteiger partial charge in [0.05, 0.1) is 17.9 Å². The fraction of sp³-hybridized carbons (Fsp3) is 0.471. The van der Waals surface area contributed by atoms with Gasteiger partial charge in [-0.1, -0.05) is 6.07 Å². The molecule has 0 bridgehead atoms. The van der Waals surface area contributed by atoms with Crippen molar-refractivity contribution in [3.8, 4) is 0 Å². The Morgan fingerprint density at radius 1 is 1.35 bits per heavy atom. The van der Waals surface area contributed by atoms with Gasteiger partial charge in [-0.15, -0.1) is 0 Å². The topological polar surface area (TPSA) is 71.8 Å². The molecule has 2 aromatic heterocycles. The molecule has 1 fully saturated rings. The predicted molar refractivity (Wildman–Crippen MR) is 87.3 cm³/mol. The number of urea groups is 1. The van der Waals surface area contributed by atoms with Crippen LogP contribution in [0.3, 0.4) is 0 Å². The molecule has 2 aromatic rings. The van der Waals surface area contributed by atoms with Gasteiger partial charge in [-0.3, -0.25) is 10.00 Å². The second kappa shape index (κ2) is 5.68.